The number of rotatable bonds is 4. The maximum atomic E-state index is 11.4. The molecule has 1 N–H and O–H groups in total. The molecule has 1 heterocycles. The van der Waals surface area contributed by atoms with E-state index < -0.39 is 10.0 Å². The first-order valence-corrected chi connectivity index (χ1v) is 9.09. The number of hydrogen-bond donors (Lipinski definition) is 1. The van der Waals surface area contributed by atoms with Crippen molar-refractivity contribution >= 4 is 10.0 Å². The normalized spacial score (nSPS) is 25.4. The van der Waals surface area contributed by atoms with Crippen molar-refractivity contribution in [2.45, 2.75) is 51.0 Å². The zero-order valence-corrected chi connectivity index (χ0v) is 12.2. The lowest BCUT2D eigenvalue weighted by atomic mass is 9.89. The molecule has 0 atom stereocenters. The Kier molecular flexibility index (Phi) is 5.04. The van der Waals surface area contributed by atoms with Crippen LogP contribution in [0.5, 0.6) is 0 Å². The van der Waals surface area contributed by atoms with E-state index >= 15 is 0 Å². The van der Waals surface area contributed by atoms with Crippen molar-refractivity contribution < 1.29 is 8.42 Å². The molecule has 2 rings (SSSR count). The van der Waals surface area contributed by atoms with E-state index in [2.05, 4.69) is 5.32 Å². The first kappa shape index (κ1) is 14.3. The van der Waals surface area contributed by atoms with Crippen LogP contribution in [0.3, 0.4) is 0 Å². The Labute approximate surface area is 111 Å². The average Bonchev–Trinajstić information content (AvgIpc) is 2.37. The number of piperidine rings is 1. The Morgan fingerprint density at radius 1 is 1.06 bits per heavy atom. The molecule has 4 nitrogen and oxygen atoms in total. The van der Waals surface area contributed by atoms with Gasteiger partial charge in [0.1, 0.15) is 0 Å². The lowest BCUT2D eigenvalue weighted by Gasteiger charge is -2.32. The fraction of sp³-hybridized carbons (Fsp3) is 1.00. The quantitative estimate of drug-likeness (QED) is 0.847. The van der Waals surface area contributed by atoms with Gasteiger partial charge < -0.3 is 5.32 Å². The summed E-state index contributed by atoms with van der Waals surface area (Å²) in [6.07, 6.45) is 10.1. The molecule has 106 valence electrons. The Balaban J connectivity index is 1.67. The van der Waals surface area contributed by atoms with Crippen molar-refractivity contribution in [3.05, 3.63) is 0 Å². The molecule has 2 aliphatic rings. The summed E-state index contributed by atoms with van der Waals surface area (Å²) in [6.45, 7) is 2.49. The third-order valence-electron chi connectivity index (χ3n) is 4.34. The van der Waals surface area contributed by atoms with Crippen molar-refractivity contribution in [1.82, 2.24) is 9.62 Å². The molecule has 0 spiro atoms. The lowest BCUT2D eigenvalue weighted by molar-refractivity contribution is 0.265. The number of nitrogens with zero attached hydrogens (tertiary/aromatic N) is 1. The van der Waals surface area contributed by atoms with Crippen molar-refractivity contribution in [3.8, 4) is 0 Å². The molecule has 2 fully saturated rings. The molecule has 0 aromatic rings. The van der Waals surface area contributed by atoms with Crippen LogP contribution in [0.1, 0.15) is 44.9 Å². The molecule has 18 heavy (non-hydrogen) atoms. The summed E-state index contributed by atoms with van der Waals surface area (Å²) in [6, 6.07) is 0.518. The smallest absolute Gasteiger partial charge is 0.211 e. The topological polar surface area (TPSA) is 49.4 Å². The van der Waals surface area contributed by atoms with Gasteiger partial charge in [-0.2, -0.15) is 0 Å². The van der Waals surface area contributed by atoms with Crippen LogP contribution in [0.4, 0.5) is 0 Å². The van der Waals surface area contributed by atoms with Crippen LogP contribution in [0, 0.1) is 5.92 Å². The third-order valence-corrected chi connectivity index (χ3v) is 5.65. The van der Waals surface area contributed by atoms with Gasteiger partial charge in [-0.1, -0.05) is 19.3 Å². The molecule has 1 aliphatic carbocycles. The van der Waals surface area contributed by atoms with Gasteiger partial charge in [-0.05, 0) is 38.1 Å². The van der Waals surface area contributed by atoms with Crippen molar-refractivity contribution in [2.24, 2.45) is 5.92 Å². The van der Waals surface area contributed by atoms with E-state index in [1.165, 1.54) is 38.4 Å². The van der Waals surface area contributed by atoms with Crippen LogP contribution >= 0.6 is 0 Å². The monoisotopic (exact) mass is 274 g/mol. The van der Waals surface area contributed by atoms with Gasteiger partial charge in [-0.15, -0.1) is 0 Å². The molecule has 0 amide bonds. The largest absolute Gasteiger partial charge is 0.314 e. The maximum Gasteiger partial charge on any atom is 0.211 e. The summed E-state index contributed by atoms with van der Waals surface area (Å²) in [5.41, 5.74) is 0. The zero-order valence-electron chi connectivity index (χ0n) is 11.4. The summed E-state index contributed by atoms with van der Waals surface area (Å²) in [4.78, 5) is 0. The zero-order chi connectivity index (χ0) is 13.0. The molecule has 0 bridgehead atoms. The molecular weight excluding hydrogens is 248 g/mol. The molecule has 0 unspecified atom stereocenters. The van der Waals surface area contributed by atoms with Gasteiger partial charge in [0.05, 0.1) is 6.26 Å². The lowest BCUT2D eigenvalue weighted by Crippen LogP contribution is -2.45. The van der Waals surface area contributed by atoms with Crippen LogP contribution < -0.4 is 5.32 Å². The molecule has 0 aromatic heterocycles. The summed E-state index contributed by atoms with van der Waals surface area (Å²) in [7, 11) is -2.98. The highest BCUT2D eigenvalue weighted by molar-refractivity contribution is 7.88. The number of sulfonamides is 1. The summed E-state index contributed by atoms with van der Waals surface area (Å²) in [5.74, 6) is 0.853. The Bertz CT molecular complexity index is 342. The highest BCUT2D eigenvalue weighted by Crippen LogP contribution is 2.23. The van der Waals surface area contributed by atoms with Gasteiger partial charge in [-0.25, -0.2) is 12.7 Å². The van der Waals surface area contributed by atoms with E-state index in [0.29, 0.717) is 19.1 Å². The fourth-order valence-electron chi connectivity index (χ4n) is 3.12. The van der Waals surface area contributed by atoms with E-state index in [4.69, 9.17) is 0 Å². The molecule has 1 saturated heterocycles. The van der Waals surface area contributed by atoms with Gasteiger partial charge in [-0.3, -0.25) is 0 Å². The van der Waals surface area contributed by atoms with E-state index in [0.717, 1.165) is 25.3 Å². The van der Waals surface area contributed by atoms with Gasteiger partial charge >= 0.3 is 0 Å². The second-order valence-electron chi connectivity index (χ2n) is 5.85. The van der Waals surface area contributed by atoms with Crippen LogP contribution in [0.25, 0.3) is 0 Å². The van der Waals surface area contributed by atoms with Crippen molar-refractivity contribution in [3.63, 3.8) is 0 Å². The van der Waals surface area contributed by atoms with Gasteiger partial charge in [0.25, 0.3) is 0 Å². The third kappa shape index (κ3) is 4.21. The minimum atomic E-state index is -2.98. The van der Waals surface area contributed by atoms with Crippen molar-refractivity contribution in [1.29, 1.82) is 0 Å². The van der Waals surface area contributed by atoms with Crippen LogP contribution in [-0.2, 0) is 10.0 Å². The second-order valence-corrected chi connectivity index (χ2v) is 7.83. The summed E-state index contributed by atoms with van der Waals surface area (Å²) in [5, 5.41) is 3.64. The number of hydrogen-bond acceptors (Lipinski definition) is 3. The second kappa shape index (κ2) is 6.35. The van der Waals surface area contributed by atoms with Crippen molar-refractivity contribution in [2.75, 3.05) is 25.9 Å². The Morgan fingerprint density at radius 3 is 2.22 bits per heavy atom. The molecule has 5 heteroatoms. The molecular formula is C13H26N2O2S. The minimum absolute atomic E-state index is 0.518. The Hall–Kier alpha value is -0.130. The maximum absolute atomic E-state index is 11.4. The van der Waals surface area contributed by atoms with E-state index in [-0.39, 0.29) is 0 Å². The molecule has 0 radical (unpaired) electrons. The summed E-state index contributed by atoms with van der Waals surface area (Å²) < 4.78 is 24.4. The highest BCUT2D eigenvalue weighted by atomic mass is 32.2. The van der Waals surface area contributed by atoms with Crippen LogP contribution in [0.15, 0.2) is 0 Å². The van der Waals surface area contributed by atoms with E-state index in [1.54, 1.807) is 4.31 Å². The minimum Gasteiger partial charge on any atom is -0.314 e. The first-order chi connectivity index (χ1) is 8.55. The average molecular weight is 274 g/mol. The standard InChI is InChI=1S/C13H26N2O2S/c1-18(16,17)15-9-7-13(8-10-15)14-11-12-5-3-2-4-6-12/h12-14H,2-11H2,1H3. The molecule has 1 saturated carbocycles. The first-order valence-electron chi connectivity index (χ1n) is 7.24. The fourth-order valence-corrected chi connectivity index (χ4v) is 3.99. The molecule has 0 aromatic carbocycles. The van der Waals surface area contributed by atoms with E-state index in [1.807, 2.05) is 0 Å². The van der Waals surface area contributed by atoms with Gasteiger partial charge in [0.15, 0.2) is 0 Å². The molecule has 1 aliphatic heterocycles. The van der Waals surface area contributed by atoms with Crippen LogP contribution in [0.2, 0.25) is 0 Å². The van der Waals surface area contributed by atoms with Gasteiger partial charge in [0, 0.05) is 19.1 Å². The summed E-state index contributed by atoms with van der Waals surface area (Å²) >= 11 is 0. The SMILES string of the molecule is CS(=O)(=O)N1CCC(NCC2CCCCC2)CC1. The Morgan fingerprint density at radius 2 is 1.67 bits per heavy atom. The predicted molar refractivity (Wildman–Crippen MR) is 74.0 cm³/mol. The van der Waals surface area contributed by atoms with E-state index in [9.17, 15) is 8.42 Å². The highest BCUT2D eigenvalue weighted by Gasteiger charge is 2.25. The van der Waals surface area contributed by atoms with Crippen LogP contribution in [-0.4, -0.2) is 44.7 Å². The number of nitrogens with one attached hydrogen (secondary N) is 1. The predicted octanol–water partition coefficient (Wildman–Crippen LogP) is 1.58. The van der Waals surface area contributed by atoms with Gasteiger partial charge in [0.2, 0.25) is 10.0 Å².